The van der Waals surface area contributed by atoms with Crippen LogP contribution in [0.3, 0.4) is 0 Å². The van der Waals surface area contributed by atoms with E-state index in [2.05, 4.69) is 5.32 Å². The van der Waals surface area contributed by atoms with Crippen LogP contribution in [-0.4, -0.2) is 17.6 Å². The van der Waals surface area contributed by atoms with Gasteiger partial charge in [0, 0.05) is 6.54 Å². The Morgan fingerprint density at radius 2 is 1.37 bits per heavy atom. The molecule has 1 amide bonds. The van der Waals surface area contributed by atoms with Crippen molar-refractivity contribution in [2.45, 2.75) is 12.0 Å². The summed E-state index contributed by atoms with van der Waals surface area (Å²) < 4.78 is 26.4. The minimum atomic E-state index is -1.14. The van der Waals surface area contributed by atoms with E-state index in [1.54, 1.807) is 0 Å². The van der Waals surface area contributed by atoms with Crippen LogP contribution in [0, 0.1) is 11.6 Å². The van der Waals surface area contributed by atoms with Gasteiger partial charge in [0.1, 0.15) is 0 Å². The summed E-state index contributed by atoms with van der Waals surface area (Å²) in [6, 6.07) is 21.8. The highest BCUT2D eigenvalue weighted by atomic mass is 19.2. The summed E-state index contributed by atoms with van der Waals surface area (Å²) in [4.78, 5) is 12.8. The summed E-state index contributed by atoms with van der Waals surface area (Å²) in [6.07, 6.45) is -1.14. The molecule has 0 fully saturated rings. The SMILES string of the molecule is O=C(NC[C@@H](O)c1ccc(F)c(F)c1)C(c1ccccc1)c1ccccc1. The van der Waals surface area contributed by atoms with Gasteiger partial charge in [-0.1, -0.05) is 66.7 Å². The molecule has 1 atom stereocenters. The molecule has 27 heavy (non-hydrogen) atoms. The van der Waals surface area contributed by atoms with Crippen LogP contribution in [0.2, 0.25) is 0 Å². The van der Waals surface area contributed by atoms with Crippen LogP contribution in [0.1, 0.15) is 28.7 Å². The van der Waals surface area contributed by atoms with Gasteiger partial charge in [0.2, 0.25) is 5.91 Å². The number of rotatable bonds is 6. The highest BCUT2D eigenvalue weighted by Crippen LogP contribution is 2.25. The Morgan fingerprint density at radius 1 is 0.815 bits per heavy atom. The van der Waals surface area contributed by atoms with Crippen LogP contribution in [0.5, 0.6) is 0 Å². The summed E-state index contributed by atoms with van der Waals surface area (Å²) in [7, 11) is 0. The lowest BCUT2D eigenvalue weighted by Gasteiger charge is -2.19. The van der Waals surface area contributed by atoms with Crippen molar-refractivity contribution in [2.75, 3.05) is 6.54 Å². The standard InChI is InChI=1S/C22H19F2NO2/c23-18-12-11-17(13-19(18)24)20(26)14-25-22(27)21(15-7-3-1-4-8-15)16-9-5-2-6-10-16/h1-13,20-21,26H,14H2,(H,25,27)/t20-/m1/s1. The van der Waals surface area contributed by atoms with Crippen molar-refractivity contribution in [3.05, 3.63) is 107 Å². The monoisotopic (exact) mass is 367 g/mol. The van der Waals surface area contributed by atoms with Crippen molar-refractivity contribution in [2.24, 2.45) is 0 Å². The highest BCUT2D eigenvalue weighted by Gasteiger charge is 2.23. The molecule has 2 N–H and O–H groups in total. The zero-order chi connectivity index (χ0) is 19.2. The molecule has 138 valence electrons. The maximum Gasteiger partial charge on any atom is 0.232 e. The zero-order valence-electron chi connectivity index (χ0n) is 14.5. The van der Waals surface area contributed by atoms with Crippen molar-refractivity contribution in [3.63, 3.8) is 0 Å². The van der Waals surface area contributed by atoms with E-state index < -0.39 is 23.7 Å². The first-order valence-corrected chi connectivity index (χ1v) is 8.57. The molecule has 3 rings (SSSR count). The quantitative estimate of drug-likeness (QED) is 0.693. The summed E-state index contributed by atoms with van der Waals surface area (Å²) in [5.41, 5.74) is 1.84. The highest BCUT2D eigenvalue weighted by molar-refractivity contribution is 5.87. The van der Waals surface area contributed by atoms with Gasteiger partial charge < -0.3 is 10.4 Å². The number of aliphatic hydroxyl groups is 1. The number of aliphatic hydroxyl groups excluding tert-OH is 1. The Morgan fingerprint density at radius 3 is 1.89 bits per heavy atom. The number of halogens is 2. The topological polar surface area (TPSA) is 49.3 Å². The third-order valence-electron chi connectivity index (χ3n) is 4.33. The molecule has 0 aliphatic carbocycles. The molecule has 3 nitrogen and oxygen atoms in total. The van der Waals surface area contributed by atoms with Gasteiger partial charge in [0.25, 0.3) is 0 Å². The van der Waals surface area contributed by atoms with Gasteiger partial charge in [0.15, 0.2) is 11.6 Å². The minimum Gasteiger partial charge on any atom is -0.387 e. The third-order valence-corrected chi connectivity index (χ3v) is 4.33. The van der Waals surface area contributed by atoms with Gasteiger partial charge in [-0.25, -0.2) is 8.78 Å². The summed E-state index contributed by atoms with van der Waals surface area (Å²) in [6.45, 7) is -0.111. The lowest BCUT2D eigenvalue weighted by atomic mass is 9.90. The maximum absolute atomic E-state index is 13.3. The fourth-order valence-corrected chi connectivity index (χ4v) is 2.92. The van der Waals surface area contributed by atoms with Crippen molar-refractivity contribution in [1.82, 2.24) is 5.32 Å². The van der Waals surface area contributed by atoms with Crippen LogP contribution in [0.4, 0.5) is 8.78 Å². The molecule has 0 radical (unpaired) electrons. The average Bonchev–Trinajstić information content (AvgIpc) is 2.70. The van der Waals surface area contributed by atoms with E-state index in [-0.39, 0.29) is 18.0 Å². The first kappa shape index (κ1) is 18.7. The molecular formula is C22H19F2NO2. The van der Waals surface area contributed by atoms with Crippen molar-refractivity contribution >= 4 is 5.91 Å². The molecule has 0 aliphatic heterocycles. The maximum atomic E-state index is 13.3. The summed E-state index contributed by atoms with van der Waals surface area (Å²) in [5, 5.41) is 12.9. The lowest BCUT2D eigenvalue weighted by Crippen LogP contribution is -2.33. The van der Waals surface area contributed by atoms with E-state index in [1.807, 2.05) is 60.7 Å². The molecule has 0 spiro atoms. The molecule has 0 saturated heterocycles. The number of hydrogen-bond donors (Lipinski definition) is 2. The Balaban J connectivity index is 1.76. The van der Waals surface area contributed by atoms with Crippen LogP contribution >= 0.6 is 0 Å². The Bertz CT molecular complexity index is 861. The van der Waals surface area contributed by atoms with E-state index >= 15 is 0 Å². The molecule has 0 saturated carbocycles. The normalized spacial score (nSPS) is 12.0. The number of benzene rings is 3. The Hall–Kier alpha value is -3.05. The lowest BCUT2D eigenvalue weighted by molar-refractivity contribution is -0.122. The van der Waals surface area contributed by atoms with Gasteiger partial charge in [-0.05, 0) is 28.8 Å². The van der Waals surface area contributed by atoms with Gasteiger partial charge in [0.05, 0.1) is 12.0 Å². The van der Waals surface area contributed by atoms with Crippen LogP contribution in [-0.2, 0) is 4.79 Å². The summed E-state index contributed by atoms with van der Waals surface area (Å²) in [5.74, 6) is -2.84. The van der Waals surface area contributed by atoms with E-state index in [4.69, 9.17) is 0 Å². The van der Waals surface area contributed by atoms with Crippen molar-refractivity contribution in [3.8, 4) is 0 Å². The fraction of sp³-hybridized carbons (Fsp3) is 0.136. The van der Waals surface area contributed by atoms with Crippen molar-refractivity contribution < 1.29 is 18.7 Å². The first-order chi connectivity index (χ1) is 13.1. The first-order valence-electron chi connectivity index (χ1n) is 8.57. The number of amides is 1. The number of nitrogens with one attached hydrogen (secondary N) is 1. The smallest absolute Gasteiger partial charge is 0.232 e. The molecule has 0 heterocycles. The number of hydrogen-bond acceptors (Lipinski definition) is 2. The number of carbonyl (C=O) groups is 1. The second-order valence-corrected chi connectivity index (χ2v) is 6.19. The van der Waals surface area contributed by atoms with E-state index in [9.17, 15) is 18.7 Å². The second-order valence-electron chi connectivity index (χ2n) is 6.19. The zero-order valence-corrected chi connectivity index (χ0v) is 14.5. The van der Waals surface area contributed by atoms with E-state index in [0.717, 1.165) is 23.3 Å². The fourth-order valence-electron chi connectivity index (χ4n) is 2.92. The van der Waals surface area contributed by atoms with Gasteiger partial charge >= 0.3 is 0 Å². The predicted octanol–water partition coefficient (Wildman–Crippen LogP) is 3.95. The Kier molecular flexibility index (Phi) is 5.94. The van der Waals surface area contributed by atoms with E-state index in [0.29, 0.717) is 0 Å². The average molecular weight is 367 g/mol. The molecule has 0 unspecified atom stereocenters. The molecule has 0 aromatic heterocycles. The Labute approximate surface area is 156 Å². The largest absolute Gasteiger partial charge is 0.387 e. The van der Waals surface area contributed by atoms with Gasteiger partial charge in [-0.3, -0.25) is 4.79 Å². The van der Waals surface area contributed by atoms with Gasteiger partial charge in [-0.15, -0.1) is 0 Å². The minimum absolute atomic E-state index is 0.111. The number of carbonyl (C=O) groups excluding carboxylic acids is 1. The van der Waals surface area contributed by atoms with Crippen molar-refractivity contribution in [1.29, 1.82) is 0 Å². The molecule has 0 aliphatic rings. The van der Waals surface area contributed by atoms with Gasteiger partial charge in [-0.2, -0.15) is 0 Å². The van der Waals surface area contributed by atoms with Crippen LogP contribution < -0.4 is 5.32 Å². The van der Waals surface area contributed by atoms with Crippen LogP contribution in [0.25, 0.3) is 0 Å². The second kappa shape index (κ2) is 8.56. The molecule has 3 aromatic carbocycles. The molecule has 5 heteroatoms. The summed E-state index contributed by atoms with van der Waals surface area (Å²) >= 11 is 0. The predicted molar refractivity (Wildman–Crippen MR) is 99.1 cm³/mol. The van der Waals surface area contributed by atoms with E-state index in [1.165, 1.54) is 6.07 Å². The molecule has 3 aromatic rings. The third kappa shape index (κ3) is 4.57. The van der Waals surface area contributed by atoms with Crippen LogP contribution in [0.15, 0.2) is 78.9 Å². The molecule has 0 bridgehead atoms. The molecular weight excluding hydrogens is 348 g/mol.